The molecule has 2 heterocycles. The van der Waals surface area contributed by atoms with E-state index in [1.807, 2.05) is 12.3 Å². The van der Waals surface area contributed by atoms with Crippen molar-refractivity contribution < 1.29 is 9.18 Å². The molecular weight excluding hydrogens is 295 g/mol. The Morgan fingerprint density at radius 1 is 1.30 bits per heavy atom. The fourth-order valence-electron chi connectivity index (χ4n) is 2.73. The number of hydrogen-bond acceptors (Lipinski definition) is 3. The van der Waals surface area contributed by atoms with E-state index >= 15 is 0 Å². The smallest absolute Gasteiger partial charge is 0.319 e. The Bertz CT molecular complexity index is 647. The van der Waals surface area contributed by atoms with Crippen LogP contribution < -0.4 is 10.6 Å². The Kier molecular flexibility index (Phi) is 4.83. The minimum absolute atomic E-state index is 0.118. The molecular formula is C17H19FN4O. The molecule has 2 N–H and O–H groups in total. The monoisotopic (exact) mass is 314 g/mol. The van der Waals surface area contributed by atoms with Crippen LogP contribution in [-0.4, -0.2) is 35.0 Å². The zero-order valence-corrected chi connectivity index (χ0v) is 12.7. The van der Waals surface area contributed by atoms with Gasteiger partial charge in [-0.3, -0.25) is 9.88 Å². The van der Waals surface area contributed by atoms with Crippen molar-refractivity contribution in [2.75, 3.05) is 18.4 Å². The molecule has 2 amide bonds. The molecule has 1 fully saturated rings. The van der Waals surface area contributed by atoms with Crippen LogP contribution in [0.3, 0.4) is 0 Å². The van der Waals surface area contributed by atoms with Crippen molar-refractivity contribution in [1.82, 2.24) is 15.2 Å². The van der Waals surface area contributed by atoms with E-state index in [1.54, 1.807) is 6.20 Å². The molecule has 0 unspecified atom stereocenters. The highest BCUT2D eigenvalue weighted by Crippen LogP contribution is 2.13. The molecule has 1 atom stereocenters. The highest BCUT2D eigenvalue weighted by atomic mass is 19.1. The maximum absolute atomic E-state index is 12.8. The SMILES string of the molecule is O=C(Nc1ccc(F)cc1)N[C@H]1CCN(Cc2cccnc2)C1. The molecule has 0 bridgehead atoms. The Morgan fingerprint density at radius 3 is 2.87 bits per heavy atom. The highest BCUT2D eigenvalue weighted by molar-refractivity contribution is 5.89. The lowest BCUT2D eigenvalue weighted by atomic mass is 10.2. The Labute approximate surface area is 134 Å². The van der Waals surface area contributed by atoms with Crippen LogP contribution in [-0.2, 0) is 6.54 Å². The van der Waals surface area contributed by atoms with Crippen LogP contribution in [0.25, 0.3) is 0 Å². The van der Waals surface area contributed by atoms with Gasteiger partial charge in [0.1, 0.15) is 5.82 Å². The van der Waals surface area contributed by atoms with Crippen molar-refractivity contribution in [3.05, 3.63) is 60.2 Å². The van der Waals surface area contributed by atoms with Gasteiger partial charge in [0.2, 0.25) is 0 Å². The Hall–Kier alpha value is -2.47. The number of carbonyl (C=O) groups excluding carboxylic acids is 1. The number of pyridine rings is 1. The van der Waals surface area contributed by atoms with Gasteiger partial charge in [0.15, 0.2) is 0 Å². The Balaban J connectivity index is 1.46. The lowest BCUT2D eigenvalue weighted by molar-refractivity contribution is 0.247. The van der Waals surface area contributed by atoms with Crippen molar-refractivity contribution in [3.63, 3.8) is 0 Å². The van der Waals surface area contributed by atoms with Gasteiger partial charge in [0.05, 0.1) is 0 Å². The van der Waals surface area contributed by atoms with Gasteiger partial charge in [-0.1, -0.05) is 6.07 Å². The van der Waals surface area contributed by atoms with Crippen LogP contribution in [0.5, 0.6) is 0 Å². The van der Waals surface area contributed by atoms with Crippen LogP contribution >= 0.6 is 0 Å². The van der Waals surface area contributed by atoms with Gasteiger partial charge < -0.3 is 10.6 Å². The normalized spacial score (nSPS) is 17.9. The first-order chi connectivity index (χ1) is 11.2. The van der Waals surface area contributed by atoms with Gasteiger partial charge in [0.25, 0.3) is 0 Å². The molecule has 120 valence electrons. The van der Waals surface area contributed by atoms with E-state index in [2.05, 4.69) is 26.6 Å². The summed E-state index contributed by atoms with van der Waals surface area (Å²) in [5.41, 5.74) is 1.75. The molecule has 1 saturated heterocycles. The zero-order chi connectivity index (χ0) is 16.1. The molecule has 3 rings (SSSR count). The summed E-state index contributed by atoms with van der Waals surface area (Å²) in [4.78, 5) is 18.4. The summed E-state index contributed by atoms with van der Waals surface area (Å²) in [7, 11) is 0. The predicted octanol–water partition coefficient (Wildman–Crippen LogP) is 2.62. The number of urea groups is 1. The number of nitrogens with zero attached hydrogens (tertiary/aromatic N) is 2. The number of nitrogens with one attached hydrogen (secondary N) is 2. The number of halogens is 1. The summed E-state index contributed by atoms with van der Waals surface area (Å²) < 4.78 is 12.8. The maximum atomic E-state index is 12.8. The fourth-order valence-corrected chi connectivity index (χ4v) is 2.73. The van der Waals surface area contributed by atoms with Crippen molar-refractivity contribution in [2.45, 2.75) is 19.0 Å². The number of carbonyl (C=O) groups is 1. The van der Waals surface area contributed by atoms with Crippen LogP contribution in [0.15, 0.2) is 48.8 Å². The van der Waals surface area contributed by atoms with Gasteiger partial charge >= 0.3 is 6.03 Å². The number of benzene rings is 1. The zero-order valence-electron chi connectivity index (χ0n) is 12.7. The molecule has 6 heteroatoms. The average molecular weight is 314 g/mol. The molecule has 0 aliphatic carbocycles. The topological polar surface area (TPSA) is 57.3 Å². The van der Waals surface area contributed by atoms with Gasteiger partial charge in [-0.05, 0) is 42.3 Å². The number of amides is 2. The van der Waals surface area contributed by atoms with E-state index < -0.39 is 0 Å². The third kappa shape index (κ3) is 4.50. The molecule has 1 aromatic heterocycles. The van der Waals surface area contributed by atoms with Crippen LogP contribution in [0.4, 0.5) is 14.9 Å². The first kappa shape index (κ1) is 15.4. The quantitative estimate of drug-likeness (QED) is 0.912. The molecule has 5 nitrogen and oxygen atoms in total. The standard InChI is InChI=1S/C17H19FN4O/c18-14-3-5-15(6-4-14)20-17(23)21-16-7-9-22(12-16)11-13-2-1-8-19-10-13/h1-6,8,10,16H,7,9,11-12H2,(H2,20,21,23)/t16-/m0/s1. The number of hydrogen-bond donors (Lipinski definition) is 2. The number of anilines is 1. The molecule has 0 radical (unpaired) electrons. The molecule has 2 aromatic rings. The van der Waals surface area contributed by atoms with Crippen molar-refractivity contribution in [3.8, 4) is 0 Å². The number of likely N-dealkylation sites (tertiary alicyclic amines) is 1. The van der Waals surface area contributed by atoms with Crippen molar-refractivity contribution in [1.29, 1.82) is 0 Å². The summed E-state index contributed by atoms with van der Waals surface area (Å²) in [6.07, 6.45) is 4.54. The number of aromatic nitrogens is 1. The van der Waals surface area contributed by atoms with E-state index in [0.717, 1.165) is 26.1 Å². The largest absolute Gasteiger partial charge is 0.334 e. The average Bonchev–Trinajstić information content (AvgIpc) is 2.97. The number of rotatable bonds is 4. The maximum Gasteiger partial charge on any atom is 0.319 e. The Morgan fingerprint density at radius 2 is 2.13 bits per heavy atom. The lowest BCUT2D eigenvalue weighted by Gasteiger charge is -2.17. The highest BCUT2D eigenvalue weighted by Gasteiger charge is 2.23. The first-order valence-corrected chi connectivity index (χ1v) is 7.63. The van der Waals surface area contributed by atoms with E-state index in [0.29, 0.717) is 5.69 Å². The second-order valence-electron chi connectivity index (χ2n) is 5.69. The van der Waals surface area contributed by atoms with Crippen molar-refractivity contribution in [2.24, 2.45) is 0 Å². The minimum atomic E-state index is -0.321. The molecule has 23 heavy (non-hydrogen) atoms. The van der Waals surface area contributed by atoms with Crippen LogP contribution in [0, 0.1) is 5.82 Å². The molecule has 1 aliphatic rings. The van der Waals surface area contributed by atoms with Crippen molar-refractivity contribution >= 4 is 11.7 Å². The van der Waals surface area contributed by atoms with E-state index in [4.69, 9.17) is 0 Å². The van der Waals surface area contributed by atoms with E-state index in [1.165, 1.54) is 29.8 Å². The summed E-state index contributed by atoms with van der Waals surface area (Å²) in [5.74, 6) is -0.321. The van der Waals surface area contributed by atoms with E-state index in [-0.39, 0.29) is 17.9 Å². The summed E-state index contributed by atoms with van der Waals surface area (Å²) in [6, 6.07) is 9.56. The molecule has 1 aromatic carbocycles. The fraction of sp³-hybridized carbons (Fsp3) is 0.294. The first-order valence-electron chi connectivity index (χ1n) is 7.63. The summed E-state index contributed by atoms with van der Waals surface area (Å²) in [6.45, 7) is 2.59. The van der Waals surface area contributed by atoms with Crippen LogP contribution in [0.2, 0.25) is 0 Å². The third-order valence-electron chi connectivity index (χ3n) is 3.84. The second kappa shape index (κ2) is 7.19. The predicted molar refractivity (Wildman–Crippen MR) is 86.5 cm³/mol. The van der Waals surface area contributed by atoms with Gasteiger partial charge in [-0.15, -0.1) is 0 Å². The summed E-state index contributed by atoms with van der Waals surface area (Å²) in [5, 5.41) is 5.67. The van der Waals surface area contributed by atoms with E-state index in [9.17, 15) is 9.18 Å². The molecule has 1 aliphatic heterocycles. The third-order valence-corrected chi connectivity index (χ3v) is 3.84. The lowest BCUT2D eigenvalue weighted by Crippen LogP contribution is -2.39. The van der Waals surface area contributed by atoms with Gasteiger partial charge in [-0.25, -0.2) is 9.18 Å². The molecule has 0 spiro atoms. The van der Waals surface area contributed by atoms with Crippen LogP contribution in [0.1, 0.15) is 12.0 Å². The minimum Gasteiger partial charge on any atom is -0.334 e. The summed E-state index contributed by atoms with van der Waals surface area (Å²) >= 11 is 0. The van der Waals surface area contributed by atoms with Gasteiger partial charge in [-0.2, -0.15) is 0 Å². The van der Waals surface area contributed by atoms with Gasteiger partial charge in [0, 0.05) is 43.8 Å². The molecule has 0 saturated carbocycles. The second-order valence-corrected chi connectivity index (χ2v) is 5.69.